The van der Waals surface area contributed by atoms with E-state index >= 15 is 0 Å². The second kappa shape index (κ2) is 10.4. The molecule has 1 aromatic heterocycles. The SMILES string of the molecule is Cc1cccc2c(N)c3cccc(C(=O)NCC[N+](C)(C)Cc4ccc(S(C)(=O)=O)cc4)c3nc12.[Cl-]. The summed E-state index contributed by atoms with van der Waals surface area (Å²) >= 11 is 0. The Labute approximate surface area is 218 Å². The van der Waals surface area contributed by atoms with Crippen molar-refractivity contribution in [3.05, 3.63) is 77.4 Å². The number of nitrogens with zero attached hydrogens (tertiary/aromatic N) is 2. The molecule has 4 aromatic rings. The maximum atomic E-state index is 13.1. The number of nitrogen functional groups attached to an aromatic ring is 1. The Balaban J connectivity index is 0.00000361. The molecule has 0 unspecified atom stereocenters. The Bertz CT molecular complexity index is 1530. The molecule has 0 aliphatic heterocycles. The number of aromatic nitrogens is 1. The molecule has 36 heavy (non-hydrogen) atoms. The van der Waals surface area contributed by atoms with Gasteiger partial charge in [-0.15, -0.1) is 0 Å². The number of para-hydroxylation sites is 2. The summed E-state index contributed by atoms with van der Waals surface area (Å²) in [6.45, 7) is 3.86. The number of rotatable bonds is 7. The van der Waals surface area contributed by atoms with E-state index in [-0.39, 0.29) is 18.3 Å². The van der Waals surface area contributed by atoms with Crippen LogP contribution in [0.1, 0.15) is 21.5 Å². The molecule has 9 heteroatoms. The van der Waals surface area contributed by atoms with Gasteiger partial charge in [0.2, 0.25) is 0 Å². The van der Waals surface area contributed by atoms with Gasteiger partial charge in [0.15, 0.2) is 9.84 Å². The number of benzene rings is 3. The molecule has 1 heterocycles. The van der Waals surface area contributed by atoms with Gasteiger partial charge in [0, 0.05) is 22.6 Å². The van der Waals surface area contributed by atoms with E-state index in [9.17, 15) is 13.2 Å². The van der Waals surface area contributed by atoms with Crippen LogP contribution in [-0.4, -0.2) is 57.2 Å². The van der Waals surface area contributed by atoms with Crippen molar-refractivity contribution < 1.29 is 30.1 Å². The van der Waals surface area contributed by atoms with E-state index < -0.39 is 9.84 Å². The summed E-state index contributed by atoms with van der Waals surface area (Å²) in [5.41, 5.74) is 11.0. The lowest BCUT2D eigenvalue weighted by Crippen LogP contribution is -3.00. The minimum absolute atomic E-state index is 0. The number of quaternary nitrogens is 1. The predicted molar refractivity (Wildman–Crippen MR) is 141 cm³/mol. The van der Waals surface area contributed by atoms with E-state index in [4.69, 9.17) is 10.7 Å². The number of nitrogens with one attached hydrogen (secondary N) is 1. The lowest BCUT2D eigenvalue weighted by Gasteiger charge is -2.30. The number of hydrogen-bond donors (Lipinski definition) is 2. The Hall–Kier alpha value is -3.20. The summed E-state index contributed by atoms with van der Waals surface area (Å²) in [5, 5.41) is 4.69. The average molecular weight is 527 g/mol. The number of halogens is 1. The number of fused-ring (bicyclic) bond motifs is 2. The summed E-state index contributed by atoms with van der Waals surface area (Å²) in [5.74, 6) is -0.187. The molecule has 3 aromatic carbocycles. The molecule has 0 atom stereocenters. The molecule has 0 saturated heterocycles. The van der Waals surface area contributed by atoms with Crippen LogP contribution < -0.4 is 23.5 Å². The number of sulfone groups is 1. The largest absolute Gasteiger partial charge is 1.00 e. The van der Waals surface area contributed by atoms with E-state index in [1.54, 1.807) is 18.2 Å². The number of hydrogen-bond acceptors (Lipinski definition) is 5. The number of anilines is 1. The first kappa shape index (κ1) is 27.4. The highest BCUT2D eigenvalue weighted by molar-refractivity contribution is 7.90. The van der Waals surface area contributed by atoms with Crippen LogP contribution in [-0.2, 0) is 16.4 Å². The van der Waals surface area contributed by atoms with Crippen molar-refractivity contribution in [2.24, 2.45) is 0 Å². The van der Waals surface area contributed by atoms with Crippen molar-refractivity contribution in [2.45, 2.75) is 18.4 Å². The molecular weight excluding hydrogens is 496 g/mol. The van der Waals surface area contributed by atoms with E-state index in [2.05, 4.69) is 19.4 Å². The van der Waals surface area contributed by atoms with Crippen LogP contribution in [0.25, 0.3) is 21.8 Å². The maximum absolute atomic E-state index is 13.1. The number of pyridine rings is 1. The molecule has 190 valence electrons. The fourth-order valence-corrected chi connectivity index (χ4v) is 4.96. The van der Waals surface area contributed by atoms with Crippen molar-refractivity contribution >= 4 is 43.2 Å². The van der Waals surface area contributed by atoms with E-state index in [1.807, 2.05) is 49.4 Å². The van der Waals surface area contributed by atoms with Gasteiger partial charge in [0.05, 0.1) is 54.4 Å². The summed E-state index contributed by atoms with van der Waals surface area (Å²) in [6.07, 6.45) is 1.20. The van der Waals surface area contributed by atoms with Crippen molar-refractivity contribution in [3.8, 4) is 0 Å². The molecule has 0 aliphatic carbocycles. The fourth-order valence-electron chi connectivity index (χ4n) is 4.33. The smallest absolute Gasteiger partial charge is 0.253 e. The lowest BCUT2D eigenvalue weighted by atomic mass is 10.0. The molecule has 0 saturated carbocycles. The van der Waals surface area contributed by atoms with Crippen molar-refractivity contribution in [1.29, 1.82) is 0 Å². The van der Waals surface area contributed by atoms with Gasteiger partial charge in [-0.2, -0.15) is 0 Å². The van der Waals surface area contributed by atoms with Crippen molar-refractivity contribution in [3.63, 3.8) is 0 Å². The summed E-state index contributed by atoms with van der Waals surface area (Å²) in [6, 6.07) is 18.3. The lowest BCUT2D eigenvalue weighted by molar-refractivity contribution is -0.902. The van der Waals surface area contributed by atoms with Gasteiger partial charge in [0.1, 0.15) is 6.54 Å². The van der Waals surface area contributed by atoms with Crippen LogP contribution in [0.4, 0.5) is 5.69 Å². The van der Waals surface area contributed by atoms with Crippen LogP contribution >= 0.6 is 0 Å². The third-order valence-electron chi connectivity index (χ3n) is 6.29. The average Bonchev–Trinajstić information content (AvgIpc) is 2.79. The van der Waals surface area contributed by atoms with Crippen LogP contribution in [0.5, 0.6) is 0 Å². The molecule has 0 radical (unpaired) electrons. The highest BCUT2D eigenvalue weighted by Gasteiger charge is 2.19. The number of amides is 1. The summed E-state index contributed by atoms with van der Waals surface area (Å²) in [7, 11) is 0.938. The second-order valence-corrected chi connectivity index (χ2v) is 11.7. The number of carbonyl (C=O) groups excluding carboxylic acids is 1. The zero-order valence-electron chi connectivity index (χ0n) is 20.9. The standard InChI is InChI=1S/C27H30N4O3S.ClH/c1-18-7-5-8-21-24(28)22-9-6-10-23(26(22)30-25(18)21)27(32)29-15-16-31(2,3)17-19-11-13-20(14-12-19)35(4,33)34;/h5-14H,15-17H2,1-4H3,(H2-,28,29,30,32);1H. The Morgan fingerprint density at radius 2 is 1.58 bits per heavy atom. The molecule has 7 nitrogen and oxygen atoms in total. The van der Waals surface area contributed by atoms with Gasteiger partial charge in [-0.1, -0.05) is 42.5 Å². The van der Waals surface area contributed by atoms with Gasteiger partial charge in [-0.05, 0) is 30.7 Å². The first-order valence-corrected chi connectivity index (χ1v) is 13.3. The van der Waals surface area contributed by atoms with Crippen LogP contribution in [0.3, 0.4) is 0 Å². The van der Waals surface area contributed by atoms with Crippen LogP contribution in [0, 0.1) is 6.92 Å². The normalized spacial score (nSPS) is 11.9. The predicted octanol–water partition coefficient (Wildman–Crippen LogP) is 0.693. The van der Waals surface area contributed by atoms with E-state index in [0.717, 1.165) is 27.4 Å². The molecule has 0 aliphatic rings. The molecule has 4 rings (SSSR count). The molecular formula is C27H31ClN4O3S. The van der Waals surface area contributed by atoms with Crippen molar-refractivity contribution in [2.75, 3.05) is 39.2 Å². The molecule has 0 bridgehead atoms. The summed E-state index contributed by atoms with van der Waals surface area (Å²) < 4.78 is 24.0. The molecule has 1 amide bonds. The van der Waals surface area contributed by atoms with E-state index in [0.29, 0.717) is 45.8 Å². The van der Waals surface area contributed by atoms with Crippen LogP contribution in [0.15, 0.2) is 65.6 Å². The zero-order valence-corrected chi connectivity index (χ0v) is 22.4. The van der Waals surface area contributed by atoms with Gasteiger partial charge in [-0.3, -0.25) is 4.79 Å². The second-order valence-electron chi connectivity index (χ2n) is 9.69. The summed E-state index contributed by atoms with van der Waals surface area (Å²) in [4.78, 5) is 18.2. The van der Waals surface area contributed by atoms with Crippen molar-refractivity contribution in [1.82, 2.24) is 10.3 Å². The molecule has 3 N–H and O–H groups in total. The minimum Gasteiger partial charge on any atom is -1.00 e. The first-order valence-electron chi connectivity index (χ1n) is 11.4. The Morgan fingerprint density at radius 1 is 0.972 bits per heavy atom. The minimum atomic E-state index is -3.21. The third-order valence-corrected chi connectivity index (χ3v) is 7.42. The zero-order chi connectivity index (χ0) is 25.4. The number of likely N-dealkylation sites (N-methyl/N-ethyl adjacent to an activating group) is 1. The number of aryl methyl sites for hydroxylation is 1. The van der Waals surface area contributed by atoms with Gasteiger partial charge in [0.25, 0.3) is 5.91 Å². The molecule has 0 fully saturated rings. The first-order chi connectivity index (χ1) is 16.5. The topological polar surface area (TPSA) is 102 Å². The maximum Gasteiger partial charge on any atom is 0.253 e. The quantitative estimate of drug-likeness (QED) is 0.272. The monoisotopic (exact) mass is 526 g/mol. The van der Waals surface area contributed by atoms with Crippen LogP contribution in [0.2, 0.25) is 0 Å². The Morgan fingerprint density at radius 3 is 2.22 bits per heavy atom. The highest BCUT2D eigenvalue weighted by Crippen LogP contribution is 2.31. The molecule has 0 spiro atoms. The van der Waals surface area contributed by atoms with Gasteiger partial charge in [-0.25, -0.2) is 13.4 Å². The van der Waals surface area contributed by atoms with Gasteiger partial charge >= 0.3 is 0 Å². The highest BCUT2D eigenvalue weighted by atomic mass is 35.5. The van der Waals surface area contributed by atoms with Gasteiger partial charge < -0.3 is 27.9 Å². The third kappa shape index (κ3) is 5.78. The number of carbonyl (C=O) groups is 1. The Kier molecular flexibility index (Phi) is 7.93. The van der Waals surface area contributed by atoms with E-state index in [1.165, 1.54) is 6.26 Å². The fraction of sp³-hybridized carbons (Fsp3) is 0.259. The number of nitrogens with two attached hydrogens (primary N) is 1.